The Morgan fingerprint density at radius 3 is 2.84 bits per heavy atom. The molecular formula is C25H28FN7O3S. The molecule has 1 aromatic carbocycles. The van der Waals surface area contributed by atoms with E-state index in [1.807, 2.05) is 18.2 Å². The molecule has 194 valence electrons. The van der Waals surface area contributed by atoms with Crippen molar-refractivity contribution in [3.8, 4) is 0 Å². The first-order valence-electron chi connectivity index (χ1n) is 11.6. The summed E-state index contributed by atoms with van der Waals surface area (Å²) in [6.07, 6.45) is 0.581. The Labute approximate surface area is 217 Å². The number of nitrogens with one attached hydrogen (secondary N) is 4. The lowest BCUT2D eigenvalue weighted by atomic mass is 10.1. The molecule has 12 heteroatoms. The normalized spacial score (nSPS) is 16.5. The van der Waals surface area contributed by atoms with Gasteiger partial charge in [0.2, 0.25) is 0 Å². The van der Waals surface area contributed by atoms with Crippen molar-refractivity contribution >= 4 is 68.4 Å². The van der Waals surface area contributed by atoms with Gasteiger partial charge in [0.25, 0.3) is 5.91 Å². The largest absolute Gasteiger partial charge is 0.444 e. The quantitative estimate of drug-likeness (QED) is 0.224. The van der Waals surface area contributed by atoms with E-state index in [1.165, 1.54) is 18.4 Å². The molecule has 1 atom stereocenters. The van der Waals surface area contributed by atoms with Gasteiger partial charge < -0.3 is 26.0 Å². The minimum absolute atomic E-state index is 0.0774. The van der Waals surface area contributed by atoms with Crippen LogP contribution in [0.15, 0.2) is 46.3 Å². The number of amidine groups is 1. The number of pyridine rings is 1. The molecule has 0 spiro atoms. The number of alkyl carbamates (subject to hydrolysis) is 1. The van der Waals surface area contributed by atoms with Crippen LogP contribution < -0.4 is 21.3 Å². The van der Waals surface area contributed by atoms with Crippen molar-refractivity contribution < 1.29 is 18.7 Å². The summed E-state index contributed by atoms with van der Waals surface area (Å²) >= 11 is 1.38. The van der Waals surface area contributed by atoms with Crippen LogP contribution in [0.1, 0.15) is 30.4 Å². The molecule has 0 saturated heterocycles. The van der Waals surface area contributed by atoms with Gasteiger partial charge in [-0.05, 0) is 51.8 Å². The van der Waals surface area contributed by atoms with Crippen LogP contribution in [0.3, 0.4) is 0 Å². The van der Waals surface area contributed by atoms with Gasteiger partial charge in [0.05, 0.1) is 17.2 Å². The molecule has 2 aromatic heterocycles. The maximum Gasteiger partial charge on any atom is 0.407 e. The number of hydrogen-bond acceptors (Lipinski definition) is 8. The Hall–Kier alpha value is -4.06. The molecule has 4 rings (SSSR count). The molecule has 1 aliphatic rings. The summed E-state index contributed by atoms with van der Waals surface area (Å²) in [6, 6.07) is 6.98. The SMILES string of the molecule is C=NC(C=C(F)NC)=Nc1ccc2c(ccc3sc4c(c32)NC[C@@H](CNC(=O)OC(C)(C)C)NC4=O)n1. The van der Waals surface area contributed by atoms with E-state index < -0.39 is 17.6 Å². The maximum absolute atomic E-state index is 13.6. The molecule has 0 saturated carbocycles. The zero-order chi connectivity index (χ0) is 26.7. The van der Waals surface area contributed by atoms with E-state index >= 15 is 0 Å². The lowest BCUT2D eigenvalue weighted by molar-refractivity contribution is 0.0521. The van der Waals surface area contributed by atoms with Crippen LogP contribution in [-0.4, -0.2) is 61.3 Å². The molecule has 0 unspecified atom stereocenters. The molecular weight excluding hydrogens is 497 g/mol. The average molecular weight is 526 g/mol. The van der Waals surface area contributed by atoms with Crippen molar-refractivity contribution in [3.63, 3.8) is 0 Å². The Balaban J connectivity index is 1.61. The van der Waals surface area contributed by atoms with Gasteiger partial charge >= 0.3 is 6.09 Å². The fourth-order valence-electron chi connectivity index (χ4n) is 3.77. The minimum Gasteiger partial charge on any atom is -0.444 e. The second-order valence-corrected chi connectivity index (χ2v) is 10.3. The number of benzene rings is 1. The van der Waals surface area contributed by atoms with Crippen LogP contribution >= 0.6 is 11.3 Å². The smallest absolute Gasteiger partial charge is 0.407 e. The number of halogens is 1. The number of rotatable bonds is 5. The molecule has 2 amide bonds. The first-order chi connectivity index (χ1) is 17.6. The number of hydrogen-bond donors (Lipinski definition) is 4. The Bertz CT molecular complexity index is 1440. The summed E-state index contributed by atoms with van der Waals surface area (Å²) < 4.78 is 19.8. The Morgan fingerprint density at radius 2 is 2.14 bits per heavy atom. The van der Waals surface area contributed by atoms with E-state index in [1.54, 1.807) is 26.8 Å². The predicted octanol–water partition coefficient (Wildman–Crippen LogP) is 4.26. The van der Waals surface area contributed by atoms with Crippen molar-refractivity contribution in [2.45, 2.75) is 32.4 Å². The highest BCUT2D eigenvalue weighted by molar-refractivity contribution is 7.21. The third-order valence-corrected chi connectivity index (χ3v) is 6.51. The van der Waals surface area contributed by atoms with Crippen LogP contribution in [0, 0.1) is 0 Å². The standard InChI is InChI=1S/C25H28FN7O3S/c1-25(2,3)36-24(35)30-12-13-11-29-21-20-14-6-9-18(33-19(28-5)10-17(26)27-4)32-15(14)7-8-16(20)37-22(21)23(34)31-13/h6-10,13,27,29H,5,11-12H2,1-4H3,(H,30,35)(H,31,34)/t13-/m0/s1. The van der Waals surface area contributed by atoms with Crippen LogP contribution in [0.4, 0.5) is 20.7 Å². The summed E-state index contributed by atoms with van der Waals surface area (Å²) in [6.45, 7) is 9.41. The number of fused-ring (bicyclic) bond motifs is 5. The zero-order valence-electron chi connectivity index (χ0n) is 20.9. The van der Waals surface area contributed by atoms with Gasteiger partial charge in [-0.25, -0.2) is 19.8 Å². The van der Waals surface area contributed by atoms with Crippen LogP contribution in [0.2, 0.25) is 0 Å². The van der Waals surface area contributed by atoms with Crippen molar-refractivity contribution in [2.24, 2.45) is 9.98 Å². The number of carbonyl (C=O) groups is 2. The van der Waals surface area contributed by atoms with E-state index in [-0.39, 0.29) is 24.3 Å². The van der Waals surface area contributed by atoms with Crippen molar-refractivity contribution in [3.05, 3.63) is 41.2 Å². The summed E-state index contributed by atoms with van der Waals surface area (Å²) in [7, 11) is 1.45. The Kier molecular flexibility index (Phi) is 7.39. The monoisotopic (exact) mass is 525 g/mol. The zero-order valence-corrected chi connectivity index (χ0v) is 21.8. The maximum atomic E-state index is 13.6. The summed E-state index contributed by atoms with van der Waals surface area (Å²) in [4.78, 5) is 38.2. The van der Waals surface area contributed by atoms with E-state index in [0.29, 0.717) is 28.4 Å². The number of thiophene rings is 1. The third-order valence-electron chi connectivity index (χ3n) is 5.35. The van der Waals surface area contributed by atoms with Crippen molar-refractivity contribution in [2.75, 3.05) is 25.5 Å². The number of aromatic nitrogens is 1. The van der Waals surface area contributed by atoms with Gasteiger partial charge in [0, 0.05) is 41.7 Å². The van der Waals surface area contributed by atoms with E-state index in [4.69, 9.17) is 4.74 Å². The minimum atomic E-state index is -0.609. The second-order valence-electron chi connectivity index (χ2n) is 9.29. The van der Waals surface area contributed by atoms with E-state index in [9.17, 15) is 14.0 Å². The van der Waals surface area contributed by atoms with Gasteiger partial charge in [-0.1, -0.05) is 0 Å². The predicted molar refractivity (Wildman–Crippen MR) is 146 cm³/mol. The van der Waals surface area contributed by atoms with Gasteiger partial charge in [-0.2, -0.15) is 4.39 Å². The molecule has 0 bridgehead atoms. The fourth-order valence-corrected chi connectivity index (χ4v) is 4.87. The van der Waals surface area contributed by atoms with Crippen molar-refractivity contribution in [1.82, 2.24) is 20.9 Å². The van der Waals surface area contributed by atoms with Gasteiger partial charge in [0.15, 0.2) is 17.6 Å². The number of anilines is 1. The summed E-state index contributed by atoms with van der Waals surface area (Å²) in [5.74, 6) is -0.401. The van der Waals surface area contributed by atoms with Gasteiger partial charge in [0.1, 0.15) is 10.5 Å². The van der Waals surface area contributed by atoms with Gasteiger partial charge in [-0.15, -0.1) is 11.3 Å². The van der Waals surface area contributed by atoms with Crippen LogP contribution in [-0.2, 0) is 4.74 Å². The molecule has 0 radical (unpaired) electrons. The molecule has 0 aliphatic carbocycles. The molecule has 3 aromatic rings. The highest BCUT2D eigenvalue weighted by Crippen LogP contribution is 2.41. The average Bonchev–Trinajstić information content (AvgIpc) is 3.15. The number of nitrogens with zero attached hydrogens (tertiary/aromatic N) is 3. The van der Waals surface area contributed by atoms with Gasteiger partial charge in [-0.3, -0.25) is 4.79 Å². The second kappa shape index (κ2) is 10.5. The highest BCUT2D eigenvalue weighted by Gasteiger charge is 2.27. The molecule has 10 nitrogen and oxygen atoms in total. The van der Waals surface area contributed by atoms with Crippen LogP contribution in [0.5, 0.6) is 0 Å². The Morgan fingerprint density at radius 1 is 1.35 bits per heavy atom. The lowest BCUT2D eigenvalue weighted by Crippen LogP contribution is -2.46. The third kappa shape index (κ3) is 6.02. The number of aliphatic imine (C=N–C) groups is 2. The fraction of sp³-hybridized carbons (Fsp3) is 0.320. The summed E-state index contributed by atoms with van der Waals surface area (Å²) in [5.41, 5.74) is 0.765. The molecule has 1 aliphatic heterocycles. The van der Waals surface area contributed by atoms with E-state index in [2.05, 4.69) is 43.0 Å². The number of carbonyl (C=O) groups excluding carboxylic acids is 2. The molecule has 0 fully saturated rings. The number of amides is 2. The topological polar surface area (TPSA) is 129 Å². The molecule has 37 heavy (non-hydrogen) atoms. The first-order valence-corrected chi connectivity index (χ1v) is 12.4. The number of ether oxygens (including phenoxy) is 1. The first kappa shape index (κ1) is 26.0. The van der Waals surface area contributed by atoms with Crippen molar-refractivity contribution in [1.29, 1.82) is 0 Å². The molecule has 3 heterocycles. The highest BCUT2D eigenvalue weighted by atomic mass is 32.1. The van der Waals surface area contributed by atoms with Crippen LogP contribution in [0.25, 0.3) is 21.0 Å². The summed E-state index contributed by atoms with van der Waals surface area (Å²) in [5, 5.41) is 13.1. The molecule has 4 N–H and O–H groups in total. The van der Waals surface area contributed by atoms with E-state index in [0.717, 1.165) is 21.5 Å². The lowest BCUT2D eigenvalue weighted by Gasteiger charge is -2.22.